The Morgan fingerprint density at radius 3 is 2.57 bits per heavy atom. The molecule has 3 aromatic rings. The van der Waals surface area contributed by atoms with E-state index in [4.69, 9.17) is 0 Å². The predicted octanol–water partition coefficient (Wildman–Crippen LogP) is 5.30. The summed E-state index contributed by atoms with van der Waals surface area (Å²) in [6.45, 7) is 5.46. The highest BCUT2D eigenvalue weighted by Crippen LogP contribution is 2.32. The molecule has 1 atom stereocenters. The summed E-state index contributed by atoms with van der Waals surface area (Å²) < 4.78 is 0. The van der Waals surface area contributed by atoms with E-state index in [0.29, 0.717) is 0 Å². The number of hydrogen-bond donors (Lipinski definition) is 1. The van der Waals surface area contributed by atoms with Gasteiger partial charge in [-0.3, -0.25) is 0 Å². The lowest BCUT2D eigenvalue weighted by Gasteiger charge is -2.21. The van der Waals surface area contributed by atoms with Crippen molar-refractivity contribution in [3.8, 4) is 0 Å². The zero-order chi connectivity index (χ0) is 14.7. The summed E-state index contributed by atoms with van der Waals surface area (Å²) in [7, 11) is 0. The minimum Gasteiger partial charge on any atom is -0.306 e. The van der Waals surface area contributed by atoms with Crippen molar-refractivity contribution < 1.29 is 0 Å². The minimum absolute atomic E-state index is 0.280. The second kappa shape index (κ2) is 6.42. The van der Waals surface area contributed by atoms with Gasteiger partial charge in [-0.25, -0.2) is 0 Å². The molecule has 1 nitrogen and oxygen atoms in total. The fourth-order valence-electron chi connectivity index (χ4n) is 2.87. The maximum atomic E-state index is 3.73. The van der Waals surface area contributed by atoms with Gasteiger partial charge in [-0.05, 0) is 53.2 Å². The zero-order valence-electron chi connectivity index (χ0n) is 12.6. The fraction of sp³-hybridized carbons (Fsp3) is 0.263. The number of fused-ring (bicyclic) bond motifs is 1. The molecule has 2 aromatic carbocycles. The number of rotatable bonds is 5. The summed E-state index contributed by atoms with van der Waals surface area (Å²) in [5.41, 5.74) is 2.79. The van der Waals surface area contributed by atoms with Crippen LogP contribution in [0.3, 0.4) is 0 Å². The standard InChI is InChI=1S/C19H21NS/c1-3-12-20-19(16-11-13-21-14(16)2)18-10-6-8-15-7-4-5-9-17(15)18/h4-11,13,19-20H,3,12H2,1-2H3. The summed E-state index contributed by atoms with van der Waals surface area (Å²) in [6, 6.07) is 17.8. The fourth-order valence-corrected chi connectivity index (χ4v) is 3.61. The molecule has 0 aliphatic heterocycles. The molecule has 0 amide bonds. The number of benzene rings is 2. The molecule has 0 fully saturated rings. The van der Waals surface area contributed by atoms with Gasteiger partial charge in [-0.2, -0.15) is 0 Å². The Bertz CT molecular complexity index is 724. The number of thiophene rings is 1. The van der Waals surface area contributed by atoms with E-state index >= 15 is 0 Å². The highest BCUT2D eigenvalue weighted by atomic mass is 32.1. The topological polar surface area (TPSA) is 12.0 Å². The van der Waals surface area contributed by atoms with Crippen molar-refractivity contribution in [1.29, 1.82) is 0 Å². The van der Waals surface area contributed by atoms with Crippen LogP contribution in [0.4, 0.5) is 0 Å². The molecular weight excluding hydrogens is 274 g/mol. The van der Waals surface area contributed by atoms with Crippen LogP contribution in [0.25, 0.3) is 10.8 Å². The normalized spacial score (nSPS) is 12.7. The van der Waals surface area contributed by atoms with Crippen LogP contribution in [0.1, 0.15) is 35.4 Å². The summed E-state index contributed by atoms with van der Waals surface area (Å²) in [5.74, 6) is 0. The van der Waals surface area contributed by atoms with E-state index < -0.39 is 0 Å². The van der Waals surface area contributed by atoms with E-state index in [9.17, 15) is 0 Å². The van der Waals surface area contributed by atoms with Crippen LogP contribution < -0.4 is 5.32 Å². The van der Waals surface area contributed by atoms with Crippen LogP contribution in [0.5, 0.6) is 0 Å². The zero-order valence-corrected chi connectivity index (χ0v) is 13.4. The molecule has 0 aliphatic carbocycles. The maximum absolute atomic E-state index is 3.73. The maximum Gasteiger partial charge on any atom is 0.0593 e. The molecule has 0 aliphatic rings. The number of nitrogens with one attached hydrogen (secondary N) is 1. The van der Waals surface area contributed by atoms with Crippen molar-refractivity contribution in [2.24, 2.45) is 0 Å². The summed E-state index contributed by atoms with van der Waals surface area (Å²) in [5, 5.41) is 8.58. The predicted molar refractivity (Wildman–Crippen MR) is 93.1 cm³/mol. The van der Waals surface area contributed by atoms with Crippen LogP contribution >= 0.6 is 11.3 Å². The van der Waals surface area contributed by atoms with Crippen LogP contribution in [0.15, 0.2) is 53.9 Å². The first-order chi connectivity index (χ1) is 10.3. The van der Waals surface area contributed by atoms with Crippen molar-refractivity contribution in [2.45, 2.75) is 26.3 Å². The van der Waals surface area contributed by atoms with Gasteiger partial charge in [0.2, 0.25) is 0 Å². The van der Waals surface area contributed by atoms with Crippen molar-refractivity contribution in [3.05, 3.63) is 69.9 Å². The minimum atomic E-state index is 0.280. The van der Waals surface area contributed by atoms with Gasteiger partial charge in [-0.1, -0.05) is 49.4 Å². The molecule has 2 heteroatoms. The molecule has 1 N–H and O–H groups in total. The lowest BCUT2D eigenvalue weighted by molar-refractivity contribution is 0.601. The van der Waals surface area contributed by atoms with E-state index in [0.717, 1.165) is 13.0 Å². The first kappa shape index (κ1) is 14.3. The molecule has 0 bridgehead atoms. The average molecular weight is 295 g/mol. The Morgan fingerprint density at radius 2 is 1.81 bits per heavy atom. The van der Waals surface area contributed by atoms with Crippen LogP contribution in [-0.2, 0) is 0 Å². The summed E-state index contributed by atoms with van der Waals surface area (Å²) in [4.78, 5) is 1.40. The first-order valence-electron chi connectivity index (χ1n) is 7.56. The molecule has 108 valence electrons. The highest BCUT2D eigenvalue weighted by molar-refractivity contribution is 7.10. The van der Waals surface area contributed by atoms with Gasteiger partial charge in [0, 0.05) is 4.88 Å². The lowest BCUT2D eigenvalue weighted by atomic mass is 9.94. The molecule has 0 saturated carbocycles. The molecule has 21 heavy (non-hydrogen) atoms. The third-order valence-corrected chi connectivity index (χ3v) is 4.80. The Morgan fingerprint density at radius 1 is 1.00 bits per heavy atom. The summed E-state index contributed by atoms with van der Waals surface area (Å²) >= 11 is 1.83. The molecule has 1 aromatic heterocycles. The van der Waals surface area contributed by atoms with Crippen molar-refractivity contribution in [2.75, 3.05) is 6.54 Å². The van der Waals surface area contributed by atoms with Crippen molar-refractivity contribution >= 4 is 22.1 Å². The molecule has 3 rings (SSSR count). The monoisotopic (exact) mass is 295 g/mol. The summed E-state index contributed by atoms with van der Waals surface area (Å²) in [6.07, 6.45) is 1.14. The molecular formula is C19H21NS. The Kier molecular flexibility index (Phi) is 4.37. The Hall–Kier alpha value is -1.64. The van der Waals surface area contributed by atoms with Gasteiger partial charge in [0.1, 0.15) is 0 Å². The second-order valence-electron chi connectivity index (χ2n) is 5.39. The quantitative estimate of drug-likeness (QED) is 0.673. The molecule has 0 spiro atoms. The van der Waals surface area contributed by atoms with Crippen molar-refractivity contribution in [3.63, 3.8) is 0 Å². The van der Waals surface area contributed by atoms with Gasteiger partial charge >= 0.3 is 0 Å². The third-order valence-electron chi connectivity index (χ3n) is 3.94. The van der Waals surface area contributed by atoms with Crippen molar-refractivity contribution in [1.82, 2.24) is 5.32 Å². The number of hydrogen-bond acceptors (Lipinski definition) is 2. The lowest BCUT2D eigenvalue weighted by Crippen LogP contribution is -2.23. The second-order valence-corrected chi connectivity index (χ2v) is 6.51. The van der Waals surface area contributed by atoms with Gasteiger partial charge in [0.05, 0.1) is 6.04 Å². The SMILES string of the molecule is CCCNC(c1ccsc1C)c1cccc2ccccc12. The smallest absolute Gasteiger partial charge is 0.0593 e. The third kappa shape index (κ3) is 2.87. The molecule has 0 radical (unpaired) electrons. The van der Waals surface area contributed by atoms with Gasteiger partial charge in [0.15, 0.2) is 0 Å². The van der Waals surface area contributed by atoms with Crippen LogP contribution in [0, 0.1) is 6.92 Å². The Labute approximate surface area is 130 Å². The van der Waals surface area contributed by atoms with Crippen LogP contribution in [-0.4, -0.2) is 6.54 Å². The highest BCUT2D eigenvalue weighted by Gasteiger charge is 2.18. The number of aryl methyl sites for hydroxylation is 1. The van der Waals surface area contributed by atoms with E-state index in [2.05, 4.69) is 73.1 Å². The van der Waals surface area contributed by atoms with E-state index in [1.807, 2.05) is 11.3 Å². The Balaban J connectivity index is 2.12. The molecule has 1 unspecified atom stereocenters. The first-order valence-corrected chi connectivity index (χ1v) is 8.44. The van der Waals surface area contributed by atoms with Gasteiger partial charge in [0.25, 0.3) is 0 Å². The average Bonchev–Trinajstić information content (AvgIpc) is 2.94. The van der Waals surface area contributed by atoms with E-state index in [-0.39, 0.29) is 6.04 Å². The largest absolute Gasteiger partial charge is 0.306 e. The van der Waals surface area contributed by atoms with E-state index in [1.165, 1.54) is 26.8 Å². The van der Waals surface area contributed by atoms with Gasteiger partial charge < -0.3 is 5.32 Å². The van der Waals surface area contributed by atoms with Crippen LogP contribution in [0.2, 0.25) is 0 Å². The molecule has 1 heterocycles. The van der Waals surface area contributed by atoms with Gasteiger partial charge in [-0.15, -0.1) is 11.3 Å². The molecule has 0 saturated heterocycles. The van der Waals surface area contributed by atoms with E-state index in [1.54, 1.807) is 0 Å².